The molecule has 0 aromatic heterocycles. The van der Waals surface area contributed by atoms with Crippen LogP contribution in [0.1, 0.15) is 5.56 Å². The molecule has 0 radical (unpaired) electrons. The average Bonchev–Trinajstić information content (AvgIpc) is 2.28. The zero-order valence-electron chi connectivity index (χ0n) is 9.12. The van der Waals surface area contributed by atoms with Crippen molar-refractivity contribution in [1.82, 2.24) is 0 Å². The molecule has 0 spiro atoms. The second-order valence-corrected chi connectivity index (χ2v) is 5.03. The topological polar surface area (TPSA) is 26.3 Å². The number of rotatable bonds is 3. The van der Waals surface area contributed by atoms with E-state index < -0.39 is 28.1 Å². The predicted molar refractivity (Wildman–Crippen MR) is 67.8 cm³/mol. The highest BCUT2D eigenvalue weighted by atomic mass is 79.9. The first-order valence-corrected chi connectivity index (χ1v) is 6.24. The molecule has 0 N–H and O–H groups in total. The molecule has 0 unspecified atom stereocenters. The molecule has 1 aromatic rings. The fourth-order valence-electron chi connectivity index (χ4n) is 1.09. The molecule has 0 atom stereocenters. The molecule has 2 nitrogen and oxygen atoms in total. The minimum Gasteiger partial charge on any atom is -0.465 e. The fourth-order valence-corrected chi connectivity index (χ4v) is 2.09. The lowest BCUT2D eigenvalue weighted by molar-refractivity contribution is -0.135. The Bertz CT molecular complexity index is 472. The monoisotopic (exact) mass is 340 g/mol. The van der Waals surface area contributed by atoms with Gasteiger partial charge in [-0.3, -0.25) is 0 Å². The zero-order chi connectivity index (χ0) is 13.8. The predicted octanol–water partition coefficient (Wildman–Crippen LogP) is 4.22. The molecule has 18 heavy (non-hydrogen) atoms. The molecule has 0 aliphatic heterocycles. The fraction of sp³-hybridized carbons (Fsp3) is 0.182. The van der Waals surface area contributed by atoms with Crippen LogP contribution in [0.4, 0.5) is 13.2 Å². The number of methoxy groups -OCH3 is 1. The number of hydrogen-bond acceptors (Lipinski definition) is 3. The van der Waals surface area contributed by atoms with Gasteiger partial charge in [-0.15, -0.1) is 0 Å². The molecule has 0 aliphatic carbocycles. The van der Waals surface area contributed by atoms with Gasteiger partial charge in [-0.05, 0) is 29.5 Å². The van der Waals surface area contributed by atoms with Crippen LogP contribution in [-0.2, 0) is 9.53 Å². The van der Waals surface area contributed by atoms with E-state index in [9.17, 15) is 18.0 Å². The van der Waals surface area contributed by atoms with E-state index in [4.69, 9.17) is 0 Å². The summed E-state index contributed by atoms with van der Waals surface area (Å²) in [7, 11) is 1.03. The van der Waals surface area contributed by atoms with Crippen LogP contribution in [0.2, 0.25) is 0 Å². The Kier molecular flexibility index (Phi) is 5.28. The Morgan fingerprint density at radius 2 is 2.00 bits per heavy atom. The van der Waals surface area contributed by atoms with Crippen molar-refractivity contribution in [2.24, 2.45) is 0 Å². The Labute approximate surface area is 114 Å². The Hall–Kier alpha value is -0.950. The van der Waals surface area contributed by atoms with Crippen molar-refractivity contribution in [2.75, 3.05) is 7.11 Å². The summed E-state index contributed by atoms with van der Waals surface area (Å²) < 4.78 is 41.8. The number of hydrogen-bond donors (Lipinski definition) is 0. The van der Waals surface area contributed by atoms with E-state index >= 15 is 0 Å². The third-order valence-corrected chi connectivity index (χ3v) is 3.26. The summed E-state index contributed by atoms with van der Waals surface area (Å²) in [6.45, 7) is 0. The summed E-state index contributed by atoms with van der Waals surface area (Å²) >= 11 is 2.69. The van der Waals surface area contributed by atoms with Crippen molar-refractivity contribution in [3.63, 3.8) is 0 Å². The first-order chi connectivity index (χ1) is 8.33. The Morgan fingerprint density at radius 3 is 2.50 bits per heavy atom. The maximum absolute atomic E-state index is 12.3. The average molecular weight is 341 g/mol. The number of thioether (sulfide) groups is 1. The third-order valence-electron chi connectivity index (χ3n) is 1.80. The summed E-state index contributed by atoms with van der Waals surface area (Å²) in [5.41, 5.74) is -4.07. The SMILES string of the molecule is COC(=O)/C(=C/c1ccccc1Br)SC(F)(F)F. The van der Waals surface area contributed by atoms with E-state index in [0.717, 1.165) is 13.2 Å². The lowest BCUT2D eigenvalue weighted by Crippen LogP contribution is -2.08. The summed E-state index contributed by atoms with van der Waals surface area (Å²) in [6, 6.07) is 6.63. The summed E-state index contributed by atoms with van der Waals surface area (Å²) in [5.74, 6) is -1.02. The van der Waals surface area contributed by atoms with Crippen LogP contribution in [0.5, 0.6) is 0 Å². The number of carbonyl (C=O) groups is 1. The first kappa shape index (κ1) is 15.1. The van der Waals surface area contributed by atoms with Crippen molar-refractivity contribution in [1.29, 1.82) is 0 Å². The summed E-state index contributed by atoms with van der Waals surface area (Å²) in [6.07, 6.45) is 1.13. The lowest BCUT2D eigenvalue weighted by atomic mass is 10.2. The van der Waals surface area contributed by atoms with Gasteiger partial charge in [-0.2, -0.15) is 13.2 Å². The van der Waals surface area contributed by atoms with E-state index in [1.165, 1.54) is 0 Å². The smallest absolute Gasteiger partial charge is 0.446 e. The van der Waals surface area contributed by atoms with Crippen LogP contribution < -0.4 is 0 Å². The van der Waals surface area contributed by atoms with Crippen LogP contribution >= 0.6 is 27.7 Å². The molecule has 98 valence electrons. The van der Waals surface area contributed by atoms with Crippen LogP contribution in [0.3, 0.4) is 0 Å². The molecule has 0 heterocycles. The largest absolute Gasteiger partial charge is 0.465 e. The highest BCUT2D eigenvalue weighted by Gasteiger charge is 2.33. The molecule has 0 amide bonds. The van der Waals surface area contributed by atoms with Crippen molar-refractivity contribution >= 4 is 39.7 Å². The molecule has 0 saturated carbocycles. The van der Waals surface area contributed by atoms with Crippen molar-refractivity contribution in [3.8, 4) is 0 Å². The van der Waals surface area contributed by atoms with Gasteiger partial charge in [0.2, 0.25) is 0 Å². The standard InChI is InChI=1S/C11H8BrF3O2S/c1-17-10(16)9(18-11(13,14)15)6-7-4-2-3-5-8(7)12/h2-6H,1H3/b9-6-. The quantitative estimate of drug-likeness (QED) is 0.608. The number of ether oxygens (including phenoxy) is 1. The van der Waals surface area contributed by atoms with Gasteiger partial charge >= 0.3 is 11.5 Å². The first-order valence-electron chi connectivity index (χ1n) is 4.64. The van der Waals surface area contributed by atoms with Crippen molar-refractivity contribution in [2.45, 2.75) is 5.51 Å². The molecule has 0 aliphatic rings. The molecule has 7 heteroatoms. The van der Waals surface area contributed by atoms with Crippen LogP contribution in [0, 0.1) is 0 Å². The highest BCUT2D eigenvalue weighted by molar-refractivity contribution is 9.10. The van der Waals surface area contributed by atoms with Crippen LogP contribution in [0.25, 0.3) is 6.08 Å². The van der Waals surface area contributed by atoms with Gasteiger partial charge in [0.05, 0.1) is 7.11 Å². The van der Waals surface area contributed by atoms with Crippen molar-refractivity contribution in [3.05, 3.63) is 39.2 Å². The van der Waals surface area contributed by atoms with Gasteiger partial charge in [0.25, 0.3) is 0 Å². The zero-order valence-corrected chi connectivity index (χ0v) is 11.5. The van der Waals surface area contributed by atoms with E-state index in [1.807, 2.05) is 0 Å². The third kappa shape index (κ3) is 4.73. The number of halogens is 4. The van der Waals surface area contributed by atoms with E-state index in [-0.39, 0.29) is 0 Å². The maximum Gasteiger partial charge on any atom is 0.446 e. The Morgan fingerprint density at radius 1 is 1.39 bits per heavy atom. The second kappa shape index (κ2) is 6.29. The number of esters is 1. The molecular weight excluding hydrogens is 333 g/mol. The van der Waals surface area contributed by atoms with Crippen LogP contribution in [-0.4, -0.2) is 18.6 Å². The van der Waals surface area contributed by atoms with Gasteiger partial charge in [-0.25, -0.2) is 4.79 Å². The van der Waals surface area contributed by atoms with E-state index in [0.29, 0.717) is 10.0 Å². The second-order valence-electron chi connectivity index (χ2n) is 3.07. The van der Waals surface area contributed by atoms with Gasteiger partial charge < -0.3 is 4.74 Å². The van der Waals surface area contributed by atoms with Crippen molar-refractivity contribution < 1.29 is 22.7 Å². The van der Waals surface area contributed by atoms with Gasteiger partial charge in [0.1, 0.15) is 4.91 Å². The lowest BCUT2D eigenvalue weighted by Gasteiger charge is -2.08. The molecule has 0 saturated heterocycles. The van der Waals surface area contributed by atoms with Gasteiger partial charge in [0, 0.05) is 4.47 Å². The number of carbonyl (C=O) groups excluding carboxylic acids is 1. The normalized spacial score (nSPS) is 12.4. The molecule has 0 bridgehead atoms. The number of benzene rings is 1. The number of alkyl halides is 3. The maximum atomic E-state index is 12.3. The molecule has 1 rings (SSSR count). The van der Waals surface area contributed by atoms with Gasteiger partial charge in [0.15, 0.2) is 0 Å². The molecule has 0 fully saturated rings. The van der Waals surface area contributed by atoms with Crippen LogP contribution in [0.15, 0.2) is 33.6 Å². The van der Waals surface area contributed by atoms with E-state index in [1.54, 1.807) is 24.3 Å². The summed E-state index contributed by atoms with van der Waals surface area (Å²) in [4.78, 5) is 10.8. The van der Waals surface area contributed by atoms with E-state index in [2.05, 4.69) is 20.7 Å². The van der Waals surface area contributed by atoms with Gasteiger partial charge in [-0.1, -0.05) is 34.1 Å². The highest BCUT2D eigenvalue weighted by Crippen LogP contribution is 2.38. The molecule has 1 aromatic carbocycles. The molecular formula is C11H8BrF3O2S. The Balaban J connectivity index is 3.11. The minimum atomic E-state index is -4.54. The summed E-state index contributed by atoms with van der Waals surface area (Å²) in [5, 5.41) is 0. The minimum absolute atomic E-state index is 0.467.